The zero-order chi connectivity index (χ0) is 14.7. The Hall–Kier alpha value is -1.35. The van der Waals surface area contributed by atoms with Gasteiger partial charge in [0.1, 0.15) is 0 Å². The van der Waals surface area contributed by atoms with E-state index in [1.807, 2.05) is 25.1 Å². The van der Waals surface area contributed by atoms with E-state index in [0.717, 1.165) is 22.6 Å². The molecular weight excluding hydrogens is 268 g/mol. The van der Waals surface area contributed by atoms with Crippen molar-refractivity contribution in [2.24, 2.45) is 5.84 Å². The van der Waals surface area contributed by atoms with Crippen LogP contribution in [0, 0.1) is 20.8 Å². The zero-order valence-electron chi connectivity index (χ0n) is 12.2. The zero-order valence-corrected chi connectivity index (χ0v) is 13.0. The molecule has 0 radical (unpaired) electrons. The lowest BCUT2D eigenvalue weighted by molar-refractivity contribution is 0.549. The van der Waals surface area contributed by atoms with Gasteiger partial charge in [-0.15, -0.1) is 0 Å². The molecule has 3 N–H and O–H groups in total. The Morgan fingerprint density at radius 2 is 1.55 bits per heavy atom. The summed E-state index contributed by atoms with van der Waals surface area (Å²) in [6.45, 7) is 6.28. The molecule has 0 amide bonds. The molecule has 20 heavy (non-hydrogen) atoms. The van der Waals surface area contributed by atoms with E-state index in [4.69, 9.17) is 17.4 Å². The highest BCUT2D eigenvalue weighted by Gasteiger charge is 2.16. The summed E-state index contributed by atoms with van der Waals surface area (Å²) in [4.78, 5) is 0. The van der Waals surface area contributed by atoms with Gasteiger partial charge in [0.25, 0.3) is 0 Å². The first-order chi connectivity index (χ1) is 9.54. The quantitative estimate of drug-likeness (QED) is 0.659. The van der Waals surface area contributed by atoms with E-state index in [1.165, 1.54) is 16.7 Å². The second-order valence-corrected chi connectivity index (χ2v) is 5.65. The molecule has 0 saturated heterocycles. The van der Waals surface area contributed by atoms with Crippen LogP contribution >= 0.6 is 11.6 Å². The van der Waals surface area contributed by atoms with Crippen LogP contribution in [0.4, 0.5) is 0 Å². The molecule has 0 aromatic heterocycles. The number of rotatable bonds is 4. The van der Waals surface area contributed by atoms with E-state index < -0.39 is 0 Å². The Morgan fingerprint density at radius 1 is 1.00 bits per heavy atom. The molecule has 0 fully saturated rings. The smallest absolute Gasteiger partial charge is 0.0515 e. The van der Waals surface area contributed by atoms with Crippen molar-refractivity contribution in [2.75, 3.05) is 0 Å². The molecule has 0 heterocycles. The Bertz CT molecular complexity index is 588. The van der Waals surface area contributed by atoms with E-state index in [2.05, 4.69) is 37.5 Å². The molecule has 0 saturated carbocycles. The monoisotopic (exact) mass is 288 g/mol. The largest absolute Gasteiger partial charge is 0.271 e. The van der Waals surface area contributed by atoms with E-state index >= 15 is 0 Å². The summed E-state index contributed by atoms with van der Waals surface area (Å²) in [6.07, 6.45) is 0.832. The molecule has 1 atom stereocenters. The fourth-order valence-electron chi connectivity index (χ4n) is 2.57. The van der Waals surface area contributed by atoms with Crippen molar-refractivity contribution in [3.05, 3.63) is 69.2 Å². The van der Waals surface area contributed by atoms with Crippen LogP contribution in [-0.4, -0.2) is 0 Å². The van der Waals surface area contributed by atoms with Crippen molar-refractivity contribution < 1.29 is 0 Å². The topological polar surface area (TPSA) is 38.0 Å². The molecule has 3 heteroatoms. The summed E-state index contributed by atoms with van der Waals surface area (Å²) in [7, 11) is 0. The van der Waals surface area contributed by atoms with Gasteiger partial charge in [-0.1, -0.05) is 48.0 Å². The number of nitrogens with one attached hydrogen (secondary N) is 1. The van der Waals surface area contributed by atoms with Crippen molar-refractivity contribution in [3.63, 3.8) is 0 Å². The van der Waals surface area contributed by atoms with Gasteiger partial charge in [-0.3, -0.25) is 11.3 Å². The summed E-state index contributed by atoms with van der Waals surface area (Å²) >= 11 is 6.42. The molecule has 0 aliphatic rings. The predicted octanol–water partition coefficient (Wildman–Crippen LogP) is 4.01. The average Bonchev–Trinajstić information content (AvgIpc) is 2.42. The molecule has 2 nitrogen and oxygen atoms in total. The Morgan fingerprint density at radius 3 is 2.15 bits per heavy atom. The summed E-state index contributed by atoms with van der Waals surface area (Å²) in [6, 6.07) is 12.4. The fraction of sp³-hybridized carbons (Fsp3) is 0.294. The molecule has 106 valence electrons. The molecule has 0 aliphatic heterocycles. The van der Waals surface area contributed by atoms with Crippen LogP contribution in [0.15, 0.2) is 36.4 Å². The number of aryl methyl sites for hydroxylation is 3. The highest BCUT2D eigenvalue weighted by Crippen LogP contribution is 2.29. The first-order valence-electron chi connectivity index (χ1n) is 6.80. The van der Waals surface area contributed by atoms with Gasteiger partial charge in [0.05, 0.1) is 6.04 Å². The third-order valence-electron chi connectivity index (χ3n) is 3.85. The van der Waals surface area contributed by atoms with Gasteiger partial charge < -0.3 is 0 Å². The van der Waals surface area contributed by atoms with Gasteiger partial charge in [-0.2, -0.15) is 0 Å². The Balaban J connectivity index is 2.37. The number of hydrazine groups is 1. The molecule has 2 aromatic rings. The minimum absolute atomic E-state index is 0.0159. The van der Waals surface area contributed by atoms with Crippen molar-refractivity contribution in [2.45, 2.75) is 33.2 Å². The van der Waals surface area contributed by atoms with Crippen molar-refractivity contribution >= 4 is 11.6 Å². The summed E-state index contributed by atoms with van der Waals surface area (Å²) in [5.74, 6) is 5.76. The van der Waals surface area contributed by atoms with Crippen molar-refractivity contribution in [1.82, 2.24) is 5.43 Å². The van der Waals surface area contributed by atoms with Crippen LogP contribution in [0.2, 0.25) is 5.02 Å². The van der Waals surface area contributed by atoms with Crippen molar-refractivity contribution in [3.8, 4) is 0 Å². The van der Waals surface area contributed by atoms with E-state index in [1.54, 1.807) is 0 Å². The lowest BCUT2D eigenvalue weighted by atomic mass is 9.92. The molecular formula is C17H21ClN2. The average molecular weight is 289 g/mol. The van der Waals surface area contributed by atoms with Gasteiger partial charge in [0, 0.05) is 5.02 Å². The maximum Gasteiger partial charge on any atom is 0.0515 e. The first kappa shape index (κ1) is 15.0. The molecule has 0 bridgehead atoms. The SMILES string of the molecule is Cc1cccc(C(Cc2c(C)cccc2C)NN)c1Cl. The van der Waals surface area contributed by atoms with Crippen LogP contribution in [0.25, 0.3) is 0 Å². The maximum absolute atomic E-state index is 6.42. The van der Waals surface area contributed by atoms with Crippen LogP contribution in [0.3, 0.4) is 0 Å². The molecule has 2 aromatic carbocycles. The third kappa shape index (κ3) is 3.04. The van der Waals surface area contributed by atoms with Crippen LogP contribution < -0.4 is 11.3 Å². The normalized spacial score (nSPS) is 12.4. The highest BCUT2D eigenvalue weighted by atomic mass is 35.5. The summed E-state index contributed by atoms with van der Waals surface area (Å²) in [5.41, 5.74) is 8.93. The molecule has 1 unspecified atom stereocenters. The Kier molecular flexibility index (Phi) is 4.81. The number of halogens is 1. The number of hydrogen-bond donors (Lipinski definition) is 2. The standard InChI is InChI=1S/C17H21ClN2/c1-11-6-4-7-12(2)15(11)10-16(20-19)14-9-5-8-13(3)17(14)18/h4-9,16,20H,10,19H2,1-3H3. The van der Waals surface area contributed by atoms with E-state index in [0.29, 0.717) is 0 Å². The summed E-state index contributed by atoms with van der Waals surface area (Å²) < 4.78 is 0. The predicted molar refractivity (Wildman–Crippen MR) is 85.9 cm³/mol. The lowest BCUT2D eigenvalue weighted by Crippen LogP contribution is -2.30. The van der Waals surface area contributed by atoms with E-state index in [-0.39, 0.29) is 6.04 Å². The van der Waals surface area contributed by atoms with Crippen LogP contribution in [-0.2, 0) is 6.42 Å². The van der Waals surface area contributed by atoms with Crippen molar-refractivity contribution in [1.29, 1.82) is 0 Å². The third-order valence-corrected chi connectivity index (χ3v) is 4.37. The fourth-order valence-corrected chi connectivity index (χ4v) is 2.83. The number of nitrogens with two attached hydrogens (primary N) is 1. The number of benzene rings is 2. The molecule has 0 aliphatic carbocycles. The highest BCUT2D eigenvalue weighted by molar-refractivity contribution is 6.32. The minimum Gasteiger partial charge on any atom is -0.271 e. The van der Waals surface area contributed by atoms with Gasteiger partial charge in [0.2, 0.25) is 0 Å². The van der Waals surface area contributed by atoms with Gasteiger partial charge in [-0.25, -0.2) is 0 Å². The Labute approximate surface area is 125 Å². The minimum atomic E-state index is 0.0159. The van der Waals surface area contributed by atoms with Crippen LogP contribution in [0.1, 0.15) is 33.9 Å². The lowest BCUT2D eigenvalue weighted by Gasteiger charge is -2.21. The van der Waals surface area contributed by atoms with Gasteiger partial charge >= 0.3 is 0 Å². The van der Waals surface area contributed by atoms with Crippen LogP contribution in [0.5, 0.6) is 0 Å². The van der Waals surface area contributed by atoms with E-state index in [9.17, 15) is 0 Å². The molecule has 2 rings (SSSR count). The second kappa shape index (κ2) is 6.40. The van der Waals surface area contributed by atoms with Gasteiger partial charge in [-0.05, 0) is 55.0 Å². The second-order valence-electron chi connectivity index (χ2n) is 5.27. The molecule has 0 spiro atoms. The first-order valence-corrected chi connectivity index (χ1v) is 7.18. The maximum atomic E-state index is 6.42. The summed E-state index contributed by atoms with van der Waals surface area (Å²) in [5, 5.41) is 0.793. The van der Waals surface area contributed by atoms with Gasteiger partial charge in [0.15, 0.2) is 0 Å². The number of hydrogen-bond acceptors (Lipinski definition) is 2.